The highest BCUT2D eigenvalue weighted by Gasteiger charge is 2.31. The van der Waals surface area contributed by atoms with Gasteiger partial charge in [0.2, 0.25) is 11.8 Å². The third kappa shape index (κ3) is 6.90. The summed E-state index contributed by atoms with van der Waals surface area (Å²) < 4.78 is 0. The SMILES string of the molecule is CCC(C(=O)NC(C)(C)C)N(Cc1ccc(Cl)c(Cl)c1)C(=O)Cc1ccccc1Cl. The summed E-state index contributed by atoms with van der Waals surface area (Å²) in [6.45, 7) is 7.85. The molecule has 7 heteroatoms. The Labute approximate surface area is 193 Å². The molecule has 1 N–H and O–H groups in total. The predicted octanol–water partition coefficient (Wildman–Crippen LogP) is 5.91. The molecule has 0 fully saturated rings. The van der Waals surface area contributed by atoms with E-state index in [1.54, 1.807) is 29.2 Å². The minimum absolute atomic E-state index is 0.0975. The average Bonchev–Trinajstić information content (AvgIpc) is 2.64. The van der Waals surface area contributed by atoms with Crippen LogP contribution in [0.2, 0.25) is 15.1 Å². The van der Waals surface area contributed by atoms with E-state index >= 15 is 0 Å². The number of carbonyl (C=O) groups is 2. The van der Waals surface area contributed by atoms with Crippen LogP contribution >= 0.6 is 34.8 Å². The smallest absolute Gasteiger partial charge is 0.243 e. The van der Waals surface area contributed by atoms with Gasteiger partial charge in [-0.1, -0.05) is 66.0 Å². The standard InChI is InChI=1S/C23H27Cl3N2O2/c1-5-20(22(30)27-23(2,3)4)28(14-15-10-11-18(25)19(26)12-15)21(29)13-16-8-6-7-9-17(16)24/h6-12,20H,5,13-14H2,1-4H3,(H,27,30). The molecule has 0 radical (unpaired) electrons. The van der Waals surface area contributed by atoms with Gasteiger partial charge in [0.1, 0.15) is 6.04 Å². The van der Waals surface area contributed by atoms with E-state index in [4.69, 9.17) is 34.8 Å². The van der Waals surface area contributed by atoms with E-state index in [0.29, 0.717) is 21.5 Å². The number of hydrogen-bond acceptors (Lipinski definition) is 2. The van der Waals surface area contributed by atoms with Gasteiger partial charge < -0.3 is 10.2 Å². The van der Waals surface area contributed by atoms with Crippen molar-refractivity contribution in [3.05, 3.63) is 68.7 Å². The van der Waals surface area contributed by atoms with Gasteiger partial charge in [-0.2, -0.15) is 0 Å². The predicted molar refractivity (Wildman–Crippen MR) is 124 cm³/mol. The van der Waals surface area contributed by atoms with Crippen molar-refractivity contribution in [2.75, 3.05) is 0 Å². The van der Waals surface area contributed by atoms with Crippen LogP contribution in [-0.4, -0.2) is 28.3 Å². The summed E-state index contributed by atoms with van der Waals surface area (Å²) >= 11 is 18.4. The largest absolute Gasteiger partial charge is 0.350 e. The van der Waals surface area contributed by atoms with Crippen LogP contribution in [-0.2, 0) is 22.6 Å². The fourth-order valence-electron chi connectivity index (χ4n) is 3.11. The van der Waals surface area contributed by atoms with Gasteiger partial charge in [-0.3, -0.25) is 9.59 Å². The van der Waals surface area contributed by atoms with Gasteiger partial charge in [-0.25, -0.2) is 0 Å². The summed E-state index contributed by atoms with van der Waals surface area (Å²) in [6, 6.07) is 11.8. The molecule has 0 aromatic heterocycles. The van der Waals surface area contributed by atoms with Crippen LogP contribution in [0.15, 0.2) is 42.5 Å². The second kappa shape index (κ2) is 10.5. The van der Waals surface area contributed by atoms with Crippen molar-refractivity contribution >= 4 is 46.6 Å². The van der Waals surface area contributed by atoms with E-state index in [1.165, 1.54) is 0 Å². The van der Waals surface area contributed by atoms with Crippen molar-refractivity contribution in [3.8, 4) is 0 Å². The normalized spacial score (nSPS) is 12.4. The topological polar surface area (TPSA) is 49.4 Å². The number of carbonyl (C=O) groups excluding carboxylic acids is 2. The molecule has 2 aromatic carbocycles. The first-order valence-corrected chi connectivity index (χ1v) is 10.9. The van der Waals surface area contributed by atoms with Crippen LogP contribution in [0.5, 0.6) is 0 Å². The van der Waals surface area contributed by atoms with Crippen molar-refractivity contribution in [2.45, 2.75) is 58.7 Å². The highest BCUT2D eigenvalue weighted by Crippen LogP contribution is 2.25. The van der Waals surface area contributed by atoms with Crippen molar-refractivity contribution < 1.29 is 9.59 Å². The zero-order valence-corrected chi connectivity index (χ0v) is 19.9. The van der Waals surface area contributed by atoms with Gasteiger partial charge >= 0.3 is 0 Å². The van der Waals surface area contributed by atoms with E-state index in [2.05, 4.69) is 5.32 Å². The molecule has 0 saturated carbocycles. The van der Waals surface area contributed by atoms with E-state index in [0.717, 1.165) is 11.1 Å². The lowest BCUT2D eigenvalue weighted by atomic mass is 10.0. The molecule has 2 aromatic rings. The molecule has 30 heavy (non-hydrogen) atoms. The van der Waals surface area contributed by atoms with Crippen LogP contribution in [0.4, 0.5) is 0 Å². The molecule has 0 bridgehead atoms. The summed E-state index contributed by atoms with van der Waals surface area (Å²) in [7, 11) is 0. The van der Waals surface area contributed by atoms with Crippen molar-refractivity contribution in [1.82, 2.24) is 10.2 Å². The van der Waals surface area contributed by atoms with E-state index in [1.807, 2.05) is 45.9 Å². The molecule has 1 unspecified atom stereocenters. The quantitative estimate of drug-likeness (QED) is 0.548. The van der Waals surface area contributed by atoms with Gasteiger partial charge in [0.15, 0.2) is 0 Å². The van der Waals surface area contributed by atoms with Crippen molar-refractivity contribution in [3.63, 3.8) is 0 Å². The molecule has 0 aliphatic carbocycles. The monoisotopic (exact) mass is 468 g/mol. The van der Waals surface area contributed by atoms with Crippen LogP contribution in [0.3, 0.4) is 0 Å². The number of nitrogens with one attached hydrogen (secondary N) is 1. The van der Waals surface area contributed by atoms with Crippen LogP contribution in [0.1, 0.15) is 45.2 Å². The zero-order chi connectivity index (χ0) is 22.5. The Kier molecular flexibility index (Phi) is 8.60. The Morgan fingerprint density at radius 1 is 1.00 bits per heavy atom. The molecular formula is C23H27Cl3N2O2. The molecule has 162 valence electrons. The first-order chi connectivity index (χ1) is 14.0. The maximum absolute atomic E-state index is 13.3. The Balaban J connectivity index is 2.36. The van der Waals surface area contributed by atoms with Gasteiger partial charge in [0.25, 0.3) is 0 Å². The van der Waals surface area contributed by atoms with Gasteiger partial charge in [-0.15, -0.1) is 0 Å². The third-order valence-electron chi connectivity index (χ3n) is 4.52. The maximum atomic E-state index is 13.3. The lowest BCUT2D eigenvalue weighted by Crippen LogP contribution is -2.53. The lowest BCUT2D eigenvalue weighted by Gasteiger charge is -2.33. The van der Waals surface area contributed by atoms with Crippen LogP contribution < -0.4 is 5.32 Å². The highest BCUT2D eigenvalue weighted by atomic mass is 35.5. The van der Waals surface area contributed by atoms with E-state index in [9.17, 15) is 9.59 Å². The zero-order valence-electron chi connectivity index (χ0n) is 17.6. The third-order valence-corrected chi connectivity index (χ3v) is 5.63. The van der Waals surface area contributed by atoms with Gasteiger partial charge in [0.05, 0.1) is 16.5 Å². The molecule has 0 spiro atoms. The summed E-state index contributed by atoms with van der Waals surface area (Å²) in [5, 5.41) is 4.34. The molecule has 0 saturated heterocycles. The maximum Gasteiger partial charge on any atom is 0.243 e. The average molecular weight is 470 g/mol. The molecule has 0 aliphatic rings. The van der Waals surface area contributed by atoms with Crippen LogP contribution in [0.25, 0.3) is 0 Å². The number of rotatable bonds is 7. The minimum Gasteiger partial charge on any atom is -0.350 e. The lowest BCUT2D eigenvalue weighted by molar-refractivity contribution is -0.141. The fraction of sp³-hybridized carbons (Fsp3) is 0.391. The number of nitrogens with zero attached hydrogens (tertiary/aromatic N) is 1. The van der Waals surface area contributed by atoms with E-state index < -0.39 is 11.6 Å². The fourth-order valence-corrected chi connectivity index (χ4v) is 3.64. The molecular weight excluding hydrogens is 443 g/mol. The number of benzene rings is 2. The van der Waals surface area contributed by atoms with Gasteiger partial charge in [-0.05, 0) is 56.5 Å². The Hall–Kier alpha value is -1.75. The van der Waals surface area contributed by atoms with Crippen molar-refractivity contribution in [2.24, 2.45) is 0 Å². The highest BCUT2D eigenvalue weighted by molar-refractivity contribution is 6.42. The molecule has 4 nitrogen and oxygen atoms in total. The van der Waals surface area contributed by atoms with Crippen molar-refractivity contribution in [1.29, 1.82) is 0 Å². The molecule has 0 heterocycles. The Morgan fingerprint density at radius 2 is 1.67 bits per heavy atom. The Morgan fingerprint density at radius 3 is 2.23 bits per heavy atom. The first kappa shape index (κ1) is 24.5. The minimum atomic E-state index is -0.631. The second-order valence-corrected chi connectivity index (χ2v) is 9.42. The Bertz CT molecular complexity index is 910. The number of hydrogen-bond donors (Lipinski definition) is 1. The summed E-state index contributed by atoms with van der Waals surface area (Å²) in [4.78, 5) is 27.9. The molecule has 2 amide bonds. The van der Waals surface area contributed by atoms with Crippen LogP contribution in [0, 0.1) is 0 Å². The van der Waals surface area contributed by atoms with Gasteiger partial charge in [0, 0.05) is 17.1 Å². The first-order valence-electron chi connectivity index (χ1n) is 9.80. The number of amides is 2. The second-order valence-electron chi connectivity index (χ2n) is 8.20. The number of halogens is 3. The summed E-state index contributed by atoms with van der Waals surface area (Å²) in [5.41, 5.74) is 1.10. The van der Waals surface area contributed by atoms with E-state index in [-0.39, 0.29) is 24.8 Å². The molecule has 2 rings (SSSR count). The summed E-state index contributed by atoms with van der Waals surface area (Å²) in [5.74, 6) is -0.386. The molecule has 1 atom stereocenters. The molecule has 0 aliphatic heterocycles. The summed E-state index contributed by atoms with van der Waals surface area (Å²) in [6.07, 6.45) is 0.567.